The second-order valence-corrected chi connectivity index (χ2v) is 5.66. The Labute approximate surface area is 98.9 Å². The van der Waals surface area contributed by atoms with Crippen LogP contribution in [0.1, 0.15) is 26.3 Å². The lowest BCUT2D eigenvalue weighted by Gasteiger charge is -2.21. The van der Waals surface area contributed by atoms with Crippen molar-refractivity contribution in [1.29, 1.82) is 0 Å². The summed E-state index contributed by atoms with van der Waals surface area (Å²) < 4.78 is 0. The van der Waals surface area contributed by atoms with Crippen LogP contribution in [0.5, 0.6) is 5.75 Å². The summed E-state index contributed by atoms with van der Waals surface area (Å²) in [5.74, 6) is 0.169. The van der Waals surface area contributed by atoms with Gasteiger partial charge >= 0.3 is 0 Å². The van der Waals surface area contributed by atoms with Gasteiger partial charge in [0.25, 0.3) is 0 Å². The van der Waals surface area contributed by atoms with Gasteiger partial charge in [0.1, 0.15) is 5.75 Å². The fourth-order valence-electron chi connectivity index (χ4n) is 1.19. The third-order valence-electron chi connectivity index (χ3n) is 2.16. The smallest absolute Gasteiger partial charge is 0.145 e. The van der Waals surface area contributed by atoms with Crippen molar-refractivity contribution in [2.75, 3.05) is 0 Å². The van der Waals surface area contributed by atoms with E-state index in [1.807, 2.05) is 12.1 Å². The quantitative estimate of drug-likeness (QED) is 0.697. The molecule has 0 aliphatic rings. The fourth-order valence-corrected chi connectivity index (χ4v) is 2.09. The molecule has 1 aromatic carbocycles. The molecule has 3 nitrogen and oxygen atoms in total. The summed E-state index contributed by atoms with van der Waals surface area (Å²) in [6, 6.07) is 3.80. The number of nitrogens with two attached hydrogens (primary N) is 2. The van der Waals surface area contributed by atoms with Crippen molar-refractivity contribution in [3.8, 4) is 5.75 Å². The topological polar surface area (TPSA) is 72.3 Å². The van der Waals surface area contributed by atoms with Crippen molar-refractivity contribution in [2.45, 2.75) is 36.0 Å². The van der Waals surface area contributed by atoms with Gasteiger partial charge in [0, 0.05) is 0 Å². The van der Waals surface area contributed by atoms with Crippen LogP contribution in [0.2, 0.25) is 0 Å². The van der Waals surface area contributed by atoms with Crippen LogP contribution in [0, 0.1) is 0 Å². The predicted molar refractivity (Wildman–Crippen MR) is 66.9 cm³/mol. The maximum atomic E-state index is 9.78. The van der Waals surface area contributed by atoms with Crippen LogP contribution < -0.4 is 10.3 Å². The zero-order chi connectivity index (χ0) is 11.6. The average molecular weight is 244 g/mol. The fraction of sp³-hybridized carbons (Fsp3) is 0.400. The van der Waals surface area contributed by atoms with Crippen LogP contribution in [-0.4, -0.2) is 5.11 Å². The van der Waals surface area contributed by atoms with E-state index in [1.54, 1.807) is 0 Å². The Morgan fingerprint density at radius 3 is 1.73 bits per heavy atom. The number of benzene rings is 1. The van der Waals surface area contributed by atoms with Crippen molar-refractivity contribution < 1.29 is 5.11 Å². The molecule has 0 radical (unpaired) electrons. The van der Waals surface area contributed by atoms with Crippen LogP contribution >= 0.6 is 23.9 Å². The van der Waals surface area contributed by atoms with E-state index in [2.05, 4.69) is 20.8 Å². The third-order valence-corrected chi connectivity index (χ3v) is 3.29. The molecule has 0 aliphatic carbocycles. The monoisotopic (exact) mass is 244 g/mol. The zero-order valence-electron chi connectivity index (χ0n) is 9.07. The SMILES string of the molecule is CC(C)(C)c1cc(SN)c(O)c(SN)c1. The standard InChI is InChI=1S/C10H16N2OS2/c1-10(2,3)6-4-7(14-11)9(13)8(5-6)15-12/h4-5,13H,11-12H2,1-3H3. The van der Waals surface area contributed by atoms with Crippen LogP contribution in [0.25, 0.3) is 0 Å². The number of phenols is 1. The Morgan fingerprint density at radius 1 is 1.07 bits per heavy atom. The predicted octanol–water partition coefficient (Wildman–Crippen LogP) is 2.62. The molecule has 0 aromatic heterocycles. The van der Waals surface area contributed by atoms with Gasteiger partial charge in [-0.15, -0.1) is 0 Å². The Morgan fingerprint density at radius 2 is 1.47 bits per heavy atom. The van der Waals surface area contributed by atoms with Gasteiger partial charge in [0.05, 0.1) is 9.79 Å². The molecule has 0 spiro atoms. The molecule has 1 rings (SSSR count). The van der Waals surface area contributed by atoms with Crippen molar-refractivity contribution in [3.05, 3.63) is 17.7 Å². The summed E-state index contributed by atoms with van der Waals surface area (Å²) in [6.07, 6.45) is 0. The number of aromatic hydroxyl groups is 1. The summed E-state index contributed by atoms with van der Waals surface area (Å²) in [6.45, 7) is 6.32. The van der Waals surface area contributed by atoms with E-state index in [9.17, 15) is 5.11 Å². The average Bonchev–Trinajstić information content (AvgIpc) is 2.16. The second-order valence-electron chi connectivity index (χ2n) is 4.31. The van der Waals surface area contributed by atoms with Crippen molar-refractivity contribution >= 4 is 23.9 Å². The Bertz CT molecular complexity index is 336. The van der Waals surface area contributed by atoms with Gasteiger partial charge in [-0.1, -0.05) is 20.8 Å². The molecule has 0 aliphatic heterocycles. The van der Waals surface area contributed by atoms with Crippen LogP contribution in [-0.2, 0) is 5.41 Å². The van der Waals surface area contributed by atoms with Crippen LogP contribution in [0.15, 0.2) is 21.9 Å². The van der Waals surface area contributed by atoms with Gasteiger partial charge in [-0.25, -0.2) is 0 Å². The van der Waals surface area contributed by atoms with E-state index in [0.29, 0.717) is 9.79 Å². The molecule has 84 valence electrons. The van der Waals surface area contributed by atoms with E-state index in [-0.39, 0.29) is 11.2 Å². The van der Waals surface area contributed by atoms with Crippen LogP contribution in [0.3, 0.4) is 0 Å². The van der Waals surface area contributed by atoms with Crippen molar-refractivity contribution in [1.82, 2.24) is 0 Å². The van der Waals surface area contributed by atoms with Gasteiger partial charge in [-0.3, -0.25) is 10.3 Å². The maximum absolute atomic E-state index is 9.78. The highest BCUT2D eigenvalue weighted by molar-refractivity contribution is 7.98. The number of phenolic OH excluding ortho intramolecular Hbond substituents is 1. The molecule has 0 bridgehead atoms. The van der Waals surface area contributed by atoms with E-state index in [0.717, 1.165) is 29.5 Å². The molecule has 15 heavy (non-hydrogen) atoms. The van der Waals surface area contributed by atoms with Gasteiger partial charge < -0.3 is 5.11 Å². The highest BCUT2D eigenvalue weighted by atomic mass is 32.2. The van der Waals surface area contributed by atoms with Crippen molar-refractivity contribution in [3.63, 3.8) is 0 Å². The summed E-state index contributed by atoms with van der Waals surface area (Å²) in [5.41, 5.74) is 1.13. The summed E-state index contributed by atoms with van der Waals surface area (Å²) in [5, 5.41) is 20.8. The molecule has 0 fully saturated rings. The summed E-state index contributed by atoms with van der Waals surface area (Å²) in [4.78, 5) is 1.32. The lowest BCUT2D eigenvalue weighted by Crippen LogP contribution is -2.11. The first kappa shape index (κ1) is 12.7. The van der Waals surface area contributed by atoms with E-state index >= 15 is 0 Å². The highest BCUT2D eigenvalue weighted by Crippen LogP contribution is 2.38. The number of rotatable bonds is 2. The largest absolute Gasteiger partial charge is 0.505 e. The molecule has 0 atom stereocenters. The third kappa shape index (κ3) is 2.81. The Balaban J connectivity index is 3.33. The first-order valence-corrected chi connectivity index (χ1v) is 6.27. The minimum atomic E-state index is 0.0165. The van der Waals surface area contributed by atoms with E-state index < -0.39 is 0 Å². The van der Waals surface area contributed by atoms with E-state index in [1.165, 1.54) is 0 Å². The molecule has 1 aromatic rings. The first-order chi connectivity index (χ1) is 6.90. The van der Waals surface area contributed by atoms with Gasteiger partial charge in [0.15, 0.2) is 0 Å². The minimum Gasteiger partial charge on any atom is -0.505 e. The molecular formula is C10H16N2OS2. The summed E-state index contributed by atoms with van der Waals surface area (Å²) in [7, 11) is 0. The Hall–Kier alpha value is -0.360. The van der Waals surface area contributed by atoms with Crippen molar-refractivity contribution in [2.24, 2.45) is 10.3 Å². The summed E-state index contributed by atoms with van der Waals surface area (Å²) >= 11 is 2.07. The lowest BCUT2D eigenvalue weighted by atomic mass is 9.87. The highest BCUT2D eigenvalue weighted by Gasteiger charge is 2.18. The molecule has 0 saturated heterocycles. The Kier molecular flexibility index (Phi) is 3.94. The number of hydrogen-bond acceptors (Lipinski definition) is 5. The van der Waals surface area contributed by atoms with Crippen LogP contribution in [0.4, 0.5) is 0 Å². The molecule has 0 amide bonds. The lowest BCUT2D eigenvalue weighted by molar-refractivity contribution is 0.446. The molecule has 0 unspecified atom stereocenters. The van der Waals surface area contributed by atoms with Gasteiger partial charge in [-0.05, 0) is 47.0 Å². The minimum absolute atomic E-state index is 0.0165. The van der Waals surface area contributed by atoms with Gasteiger partial charge in [0.2, 0.25) is 0 Å². The maximum Gasteiger partial charge on any atom is 0.145 e. The first-order valence-electron chi connectivity index (χ1n) is 4.51. The molecule has 0 saturated carbocycles. The molecule has 5 N–H and O–H groups in total. The zero-order valence-corrected chi connectivity index (χ0v) is 10.7. The molecule has 0 heterocycles. The van der Waals surface area contributed by atoms with E-state index in [4.69, 9.17) is 10.3 Å². The normalized spacial score (nSPS) is 11.8. The second kappa shape index (κ2) is 4.65. The molecular weight excluding hydrogens is 228 g/mol. The van der Waals surface area contributed by atoms with Gasteiger partial charge in [-0.2, -0.15) is 0 Å². The molecule has 5 heteroatoms. The number of hydrogen-bond donors (Lipinski definition) is 3.